The summed E-state index contributed by atoms with van der Waals surface area (Å²) in [5.74, 6) is -1.13. The third-order valence-electron chi connectivity index (χ3n) is 3.92. The number of ether oxygens (including phenoxy) is 2. The summed E-state index contributed by atoms with van der Waals surface area (Å²) in [5.41, 5.74) is -0.283. The molecule has 0 spiro atoms. The van der Waals surface area contributed by atoms with Gasteiger partial charge in [-0.1, -0.05) is 29.8 Å². The predicted molar refractivity (Wildman–Crippen MR) is 104 cm³/mol. The highest BCUT2D eigenvalue weighted by Gasteiger charge is 2.20. The predicted octanol–water partition coefficient (Wildman–Crippen LogP) is 3.88. The van der Waals surface area contributed by atoms with Crippen LogP contribution in [0.4, 0.5) is 5.69 Å². The standard InChI is InChI=1S/C20H16ClNO6/c1-3-27-19(24)12-9-14(21)15(10-17(12)26-2)22-18(23)13-8-11-6-4-5-7-16(11)28-20(13)25/h4-10H,3H2,1-2H3,(H,22,23). The number of rotatable bonds is 5. The summed E-state index contributed by atoms with van der Waals surface area (Å²) in [4.78, 5) is 36.7. The Kier molecular flexibility index (Phi) is 5.65. The van der Waals surface area contributed by atoms with E-state index < -0.39 is 17.5 Å². The zero-order valence-corrected chi connectivity index (χ0v) is 15.8. The Labute approximate surface area is 164 Å². The fourth-order valence-electron chi connectivity index (χ4n) is 2.60. The van der Waals surface area contributed by atoms with Gasteiger partial charge in [0.1, 0.15) is 22.5 Å². The van der Waals surface area contributed by atoms with Crippen LogP contribution >= 0.6 is 11.6 Å². The lowest BCUT2D eigenvalue weighted by molar-refractivity contribution is 0.0522. The van der Waals surface area contributed by atoms with Crippen molar-refractivity contribution in [1.29, 1.82) is 0 Å². The van der Waals surface area contributed by atoms with E-state index in [1.807, 2.05) is 0 Å². The molecule has 0 unspecified atom stereocenters. The first-order chi connectivity index (χ1) is 13.4. The summed E-state index contributed by atoms with van der Waals surface area (Å²) in [5, 5.41) is 3.23. The van der Waals surface area contributed by atoms with Crippen molar-refractivity contribution < 1.29 is 23.5 Å². The molecule has 0 saturated heterocycles. The third kappa shape index (κ3) is 3.84. The highest BCUT2D eigenvalue weighted by Crippen LogP contribution is 2.31. The molecular weight excluding hydrogens is 386 g/mol. The highest BCUT2D eigenvalue weighted by atomic mass is 35.5. The molecule has 3 rings (SSSR count). The van der Waals surface area contributed by atoms with Gasteiger partial charge in [-0.25, -0.2) is 9.59 Å². The number of halogens is 1. The van der Waals surface area contributed by atoms with E-state index in [1.54, 1.807) is 31.2 Å². The van der Waals surface area contributed by atoms with Gasteiger partial charge in [0.05, 0.1) is 24.4 Å². The summed E-state index contributed by atoms with van der Waals surface area (Å²) in [7, 11) is 1.37. The maximum absolute atomic E-state index is 12.6. The van der Waals surface area contributed by atoms with Crippen LogP contribution < -0.4 is 15.7 Å². The number of esters is 1. The quantitative estimate of drug-likeness (QED) is 0.515. The lowest BCUT2D eigenvalue weighted by Crippen LogP contribution is -2.21. The Hall–Kier alpha value is -3.32. The molecular formula is C20H16ClNO6. The number of para-hydroxylation sites is 1. The average molecular weight is 402 g/mol. The summed E-state index contributed by atoms with van der Waals surface area (Å²) in [6.07, 6.45) is 0. The van der Waals surface area contributed by atoms with E-state index in [-0.39, 0.29) is 34.2 Å². The number of fused-ring (bicyclic) bond motifs is 1. The fraction of sp³-hybridized carbons (Fsp3) is 0.150. The molecule has 0 aliphatic carbocycles. The molecule has 0 fully saturated rings. The van der Waals surface area contributed by atoms with Gasteiger partial charge >= 0.3 is 11.6 Å². The summed E-state index contributed by atoms with van der Waals surface area (Å²) < 4.78 is 15.3. The largest absolute Gasteiger partial charge is 0.496 e. The molecule has 0 saturated carbocycles. The van der Waals surface area contributed by atoms with E-state index in [0.717, 1.165) is 0 Å². The highest BCUT2D eigenvalue weighted by molar-refractivity contribution is 6.34. The SMILES string of the molecule is CCOC(=O)c1cc(Cl)c(NC(=O)c2cc3ccccc3oc2=O)cc1OC. The Bertz CT molecular complexity index is 1120. The van der Waals surface area contributed by atoms with Crippen LogP contribution in [0.1, 0.15) is 27.6 Å². The number of carbonyl (C=O) groups excluding carboxylic acids is 2. The number of methoxy groups -OCH3 is 1. The van der Waals surface area contributed by atoms with Crippen molar-refractivity contribution in [1.82, 2.24) is 0 Å². The monoisotopic (exact) mass is 401 g/mol. The van der Waals surface area contributed by atoms with Crippen LogP contribution in [0.25, 0.3) is 11.0 Å². The van der Waals surface area contributed by atoms with E-state index in [1.165, 1.54) is 25.3 Å². The molecule has 8 heteroatoms. The number of hydrogen-bond donors (Lipinski definition) is 1. The number of nitrogens with one attached hydrogen (secondary N) is 1. The van der Waals surface area contributed by atoms with Crippen molar-refractivity contribution in [3.63, 3.8) is 0 Å². The maximum atomic E-state index is 12.6. The summed E-state index contributed by atoms with van der Waals surface area (Å²) >= 11 is 6.19. The summed E-state index contributed by atoms with van der Waals surface area (Å²) in [6.45, 7) is 1.87. The van der Waals surface area contributed by atoms with E-state index in [9.17, 15) is 14.4 Å². The molecule has 0 aliphatic heterocycles. The normalized spacial score (nSPS) is 10.5. The van der Waals surface area contributed by atoms with Crippen LogP contribution in [0, 0.1) is 0 Å². The molecule has 3 aromatic rings. The number of amides is 1. The molecule has 0 aliphatic rings. The Morgan fingerprint density at radius 2 is 1.89 bits per heavy atom. The van der Waals surface area contributed by atoms with Gasteiger partial charge in [0.25, 0.3) is 5.91 Å². The molecule has 0 radical (unpaired) electrons. The van der Waals surface area contributed by atoms with Crippen LogP contribution in [-0.4, -0.2) is 25.6 Å². The van der Waals surface area contributed by atoms with Gasteiger partial charge in [-0.2, -0.15) is 0 Å². The van der Waals surface area contributed by atoms with E-state index >= 15 is 0 Å². The number of hydrogen-bond acceptors (Lipinski definition) is 6. The Morgan fingerprint density at radius 1 is 1.14 bits per heavy atom. The Balaban J connectivity index is 1.95. The number of carbonyl (C=O) groups is 2. The van der Waals surface area contributed by atoms with Crippen molar-refractivity contribution in [3.8, 4) is 5.75 Å². The Morgan fingerprint density at radius 3 is 2.61 bits per heavy atom. The molecule has 0 bridgehead atoms. The van der Waals surface area contributed by atoms with Gasteiger partial charge in [0.2, 0.25) is 0 Å². The van der Waals surface area contributed by atoms with Crippen LogP contribution in [0.15, 0.2) is 51.7 Å². The maximum Gasteiger partial charge on any atom is 0.349 e. The van der Waals surface area contributed by atoms with Gasteiger partial charge in [-0.05, 0) is 25.1 Å². The zero-order chi connectivity index (χ0) is 20.3. The first kappa shape index (κ1) is 19.4. The van der Waals surface area contributed by atoms with E-state index in [2.05, 4.69) is 5.32 Å². The minimum atomic E-state index is -0.776. The zero-order valence-electron chi connectivity index (χ0n) is 15.1. The summed E-state index contributed by atoms with van der Waals surface area (Å²) in [6, 6.07) is 11.0. The second-order valence-electron chi connectivity index (χ2n) is 5.69. The van der Waals surface area contributed by atoms with Crippen molar-refractivity contribution in [2.24, 2.45) is 0 Å². The molecule has 28 heavy (non-hydrogen) atoms. The van der Waals surface area contributed by atoms with Crippen molar-refractivity contribution in [3.05, 3.63) is 69.0 Å². The molecule has 7 nitrogen and oxygen atoms in total. The molecule has 1 aromatic heterocycles. The minimum Gasteiger partial charge on any atom is -0.496 e. The van der Waals surface area contributed by atoms with E-state index in [0.29, 0.717) is 11.0 Å². The molecule has 2 aromatic carbocycles. The first-order valence-electron chi connectivity index (χ1n) is 8.33. The number of anilines is 1. The van der Waals surface area contributed by atoms with Gasteiger partial charge in [-0.3, -0.25) is 4.79 Å². The van der Waals surface area contributed by atoms with Crippen LogP contribution in [0.3, 0.4) is 0 Å². The second-order valence-corrected chi connectivity index (χ2v) is 6.10. The van der Waals surface area contributed by atoms with Gasteiger partial charge in [-0.15, -0.1) is 0 Å². The average Bonchev–Trinajstić information content (AvgIpc) is 2.68. The van der Waals surface area contributed by atoms with Crippen molar-refractivity contribution >= 4 is 40.1 Å². The van der Waals surface area contributed by atoms with Crippen LogP contribution in [-0.2, 0) is 4.74 Å². The molecule has 144 valence electrons. The molecule has 1 N–H and O–H groups in total. The fourth-order valence-corrected chi connectivity index (χ4v) is 2.81. The van der Waals surface area contributed by atoms with Crippen molar-refractivity contribution in [2.75, 3.05) is 19.0 Å². The number of benzene rings is 2. The smallest absolute Gasteiger partial charge is 0.349 e. The topological polar surface area (TPSA) is 94.8 Å². The van der Waals surface area contributed by atoms with Gasteiger partial charge in [0, 0.05) is 11.5 Å². The molecule has 1 heterocycles. The van der Waals surface area contributed by atoms with Crippen LogP contribution in [0.5, 0.6) is 5.75 Å². The molecule has 1 amide bonds. The lowest BCUT2D eigenvalue weighted by Gasteiger charge is -2.13. The lowest BCUT2D eigenvalue weighted by atomic mass is 10.1. The first-order valence-corrected chi connectivity index (χ1v) is 8.71. The van der Waals surface area contributed by atoms with Crippen molar-refractivity contribution in [2.45, 2.75) is 6.92 Å². The van der Waals surface area contributed by atoms with Crippen LogP contribution in [0.2, 0.25) is 5.02 Å². The second kappa shape index (κ2) is 8.14. The van der Waals surface area contributed by atoms with Gasteiger partial charge < -0.3 is 19.2 Å². The minimum absolute atomic E-state index is 0.0855. The third-order valence-corrected chi connectivity index (χ3v) is 4.23. The van der Waals surface area contributed by atoms with Gasteiger partial charge in [0.15, 0.2) is 0 Å². The van der Waals surface area contributed by atoms with E-state index in [4.69, 9.17) is 25.5 Å². The molecule has 0 atom stereocenters.